The summed E-state index contributed by atoms with van der Waals surface area (Å²) in [5.74, 6) is 0. The highest BCUT2D eigenvalue weighted by Crippen LogP contribution is 2.21. The predicted molar refractivity (Wildman–Crippen MR) is 103 cm³/mol. The van der Waals surface area contributed by atoms with Crippen molar-refractivity contribution in [2.24, 2.45) is 5.10 Å². The van der Waals surface area contributed by atoms with Gasteiger partial charge in [-0.05, 0) is 48.8 Å². The Bertz CT molecular complexity index is 753. The topological polar surface area (TPSA) is 40.5 Å². The number of hydrogen-bond acceptors (Lipinski definition) is 3. The molecule has 0 saturated carbocycles. The lowest BCUT2D eigenvalue weighted by atomic mass is 10.00. The number of benzene rings is 1. The van der Waals surface area contributed by atoms with Gasteiger partial charge in [-0.1, -0.05) is 42.5 Å². The summed E-state index contributed by atoms with van der Waals surface area (Å²) in [5.41, 5.74) is 7.31. The van der Waals surface area contributed by atoms with Crippen LogP contribution < -0.4 is 5.43 Å². The highest BCUT2D eigenvalue weighted by molar-refractivity contribution is 7.80. The summed E-state index contributed by atoms with van der Waals surface area (Å²) in [7, 11) is 0. The van der Waals surface area contributed by atoms with Crippen LogP contribution in [0.1, 0.15) is 24.6 Å². The van der Waals surface area contributed by atoms with Crippen LogP contribution >= 0.6 is 12.2 Å². The van der Waals surface area contributed by atoms with Crippen molar-refractivity contribution in [2.75, 3.05) is 13.1 Å². The van der Waals surface area contributed by atoms with Gasteiger partial charge in [-0.2, -0.15) is 5.10 Å². The Hall–Kier alpha value is -2.53. The maximum absolute atomic E-state index is 5.46. The Morgan fingerprint density at radius 3 is 2.62 bits per heavy atom. The molecule has 0 unspecified atom stereocenters. The van der Waals surface area contributed by atoms with E-state index in [0.29, 0.717) is 5.11 Å². The molecule has 0 amide bonds. The second kappa shape index (κ2) is 7.84. The Morgan fingerprint density at radius 1 is 1.17 bits per heavy atom. The zero-order valence-corrected chi connectivity index (χ0v) is 14.5. The van der Waals surface area contributed by atoms with Crippen LogP contribution in [-0.2, 0) is 0 Å². The number of hydrazone groups is 1. The van der Waals surface area contributed by atoms with Crippen LogP contribution in [0.25, 0.3) is 5.57 Å². The van der Waals surface area contributed by atoms with Gasteiger partial charge in [-0.15, -0.1) is 0 Å². The van der Waals surface area contributed by atoms with Crippen LogP contribution in [-0.4, -0.2) is 33.8 Å². The first-order valence-corrected chi connectivity index (χ1v) is 8.40. The third-order valence-corrected chi connectivity index (χ3v) is 4.35. The van der Waals surface area contributed by atoms with E-state index in [1.165, 1.54) is 11.1 Å². The number of nitrogens with zero attached hydrogens (tertiary/aromatic N) is 3. The molecular formula is C19H20N4S. The third kappa shape index (κ3) is 4.06. The summed E-state index contributed by atoms with van der Waals surface area (Å²) in [6, 6.07) is 16.3. The van der Waals surface area contributed by atoms with E-state index in [1.807, 2.05) is 31.2 Å². The molecule has 0 aliphatic carbocycles. The molecule has 0 bridgehead atoms. The minimum absolute atomic E-state index is 0.647. The summed E-state index contributed by atoms with van der Waals surface area (Å²) in [6.07, 6.45) is 4.98. The van der Waals surface area contributed by atoms with Gasteiger partial charge in [0.2, 0.25) is 0 Å². The predicted octanol–water partition coefficient (Wildman–Crippen LogP) is 3.47. The molecular weight excluding hydrogens is 316 g/mol. The molecule has 5 heteroatoms. The minimum Gasteiger partial charge on any atom is -0.344 e. The SMILES string of the molecule is C/C(=N\NC(=S)N1CC=C(c2ccccc2)CC1)c1ccccn1. The maximum atomic E-state index is 5.46. The lowest BCUT2D eigenvalue weighted by Crippen LogP contribution is -2.40. The van der Waals surface area contributed by atoms with Gasteiger partial charge in [0.1, 0.15) is 0 Å². The second-order valence-corrected chi connectivity index (χ2v) is 6.01. The van der Waals surface area contributed by atoms with E-state index in [2.05, 4.69) is 50.8 Å². The fourth-order valence-electron chi connectivity index (χ4n) is 2.60. The Kier molecular flexibility index (Phi) is 5.33. The zero-order chi connectivity index (χ0) is 16.8. The average Bonchev–Trinajstić information content (AvgIpc) is 2.67. The molecule has 0 atom stereocenters. The quantitative estimate of drug-likeness (QED) is 0.529. The molecule has 24 heavy (non-hydrogen) atoms. The highest BCUT2D eigenvalue weighted by atomic mass is 32.1. The summed E-state index contributed by atoms with van der Waals surface area (Å²) in [4.78, 5) is 6.40. The van der Waals surface area contributed by atoms with E-state index < -0.39 is 0 Å². The molecule has 3 rings (SSSR count). The highest BCUT2D eigenvalue weighted by Gasteiger charge is 2.15. The monoisotopic (exact) mass is 336 g/mol. The first kappa shape index (κ1) is 16.3. The largest absolute Gasteiger partial charge is 0.344 e. The zero-order valence-electron chi connectivity index (χ0n) is 13.6. The Labute approximate surface area is 147 Å². The molecule has 122 valence electrons. The molecule has 0 spiro atoms. The first-order chi connectivity index (χ1) is 11.7. The van der Waals surface area contributed by atoms with Crippen LogP contribution in [0, 0.1) is 0 Å². The van der Waals surface area contributed by atoms with Gasteiger partial charge >= 0.3 is 0 Å². The van der Waals surface area contributed by atoms with Crippen molar-refractivity contribution < 1.29 is 0 Å². The maximum Gasteiger partial charge on any atom is 0.189 e. The molecule has 0 saturated heterocycles. The first-order valence-electron chi connectivity index (χ1n) is 7.99. The fourth-order valence-corrected chi connectivity index (χ4v) is 2.82. The number of pyridine rings is 1. The van der Waals surface area contributed by atoms with Gasteiger partial charge < -0.3 is 4.90 Å². The molecule has 1 aromatic heterocycles. The fraction of sp³-hybridized carbons (Fsp3) is 0.211. The number of thiocarbonyl (C=S) groups is 1. The molecule has 1 aliphatic heterocycles. The van der Waals surface area contributed by atoms with Crippen LogP contribution in [0.5, 0.6) is 0 Å². The van der Waals surface area contributed by atoms with E-state index in [4.69, 9.17) is 12.2 Å². The van der Waals surface area contributed by atoms with Crippen LogP contribution in [0.15, 0.2) is 65.9 Å². The van der Waals surface area contributed by atoms with Crippen molar-refractivity contribution in [3.05, 3.63) is 72.1 Å². The summed E-state index contributed by atoms with van der Waals surface area (Å²) < 4.78 is 0. The van der Waals surface area contributed by atoms with E-state index >= 15 is 0 Å². The van der Waals surface area contributed by atoms with Crippen LogP contribution in [0.3, 0.4) is 0 Å². The molecule has 0 fully saturated rings. The number of aromatic nitrogens is 1. The lowest BCUT2D eigenvalue weighted by Gasteiger charge is -2.28. The van der Waals surface area contributed by atoms with Gasteiger partial charge in [-0.3, -0.25) is 10.4 Å². The standard InChI is InChI=1S/C19H20N4S/c1-15(18-9-5-6-12-20-18)21-22-19(24)23-13-10-17(11-14-23)16-7-3-2-4-8-16/h2-10,12H,11,13-14H2,1H3,(H,22,24)/b21-15+. The number of hydrogen-bond donors (Lipinski definition) is 1. The molecule has 4 nitrogen and oxygen atoms in total. The molecule has 2 heterocycles. The van der Waals surface area contributed by atoms with Crippen LogP contribution in [0.4, 0.5) is 0 Å². The third-order valence-electron chi connectivity index (χ3n) is 4.00. The minimum atomic E-state index is 0.647. The van der Waals surface area contributed by atoms with E-state index in [9.17, 15) is 0 Å². The van der Waals surface area contributed by atoms with E-state index in [0.717, 1.165) is 30.9 Å². The lowest BCUT2D eigenvalue weighted by molar-refractivity contribution is 0.452. The van der Waals surface area contributed by atoms with Gasteiger partial charge in [0.05, 0.1) is 11.4 Å². The average molecular weight is 336 g/mol. The molecule has 1 aliphatic rings. The van der Waals surface area contributed by atoms with E-state index in [-0.39, 0.29) is 0 Å². The Morgan fingerprint density at radius 2 is 1.96 bits per heavy atom. The smallest absolute Gasteiger partial charge is 0.189 e. The number of nitrogens with one attached hydrogen (secondary N) is 1. The van der Waals surface area contributed by atoms with E-state index in [1.54, 1.807) is 6.20 Å². The summed E-state index contributed by atoms with van der Waals surface area (Å²) in [6.45, 7) is 3.61. The van der Waals surface area contributed by atoms with Crippen molar-refractivity contribution in [1.29, 1.82) is 0 Å². The normalized spacial score (nSPS) is 15.0. The van der Waals surface area contributed by atoms with Crippen LogP contribution in [0.2, 0.25) is 0 Å². The van der Waals surface area contributed by atoms with Crippen molar-refractivity contribution >= 4 is 28.6 Å². The molecule has 1 aromatic carbocycles. The Balaban J connectivity index is 1.58. The summed E-state index contributed by atoms with van der Waals surface area (Å²) in [5, 5.41) is 4.99. The summed E-state index contributed by atoms with van der Waals surface area (Å²) >= 11 is 5.46. The van der Waals surface area contributed by atoms with Crippen molar-refractivity contribution in [2.45, 2.75) is 13.3 Å². The molecule has 2 aromatic rings. The van der Waals surface area contributed by atoms with Crippen molar-refractivity contribution in [1.82, 2.24) is 15.3 Å². The molecule has 0 radical (unpaired) electrons. The second-order valence-electron chi connectivity index (χ2n) is 5.62. The van der Waals surface area contributed by atoms with Crippen molar-refractivity contribution in [3.63, 3.8) is 0 Å². The molecule has 1 N–H and O–H groups in total. The van der Waals surface area contributed by atoms with Gasteiger partial charge in [0.25, 0.3) is 0 Å². The number of rotatable bonds is 3. The van der Waals surface area contributed by atoms with Gasteiger partial charge in [-0.25, -0.2) is 0 Å². The van der Waals surface area contributed by atoms with Crippen molar-refractivity contribution in [3.8, 4) is 0 Å². The van der Waals surface area contributed by atoms with Gasteiger partial charge in [0.15, 0.2) is 5.11 Å². The van der Waals surface area contributed by atoms with Gasteiger partial charge in [0, 0.05) is 19.3 Å².